The molecule has 2 amide bonds. The lowest BCUT2D eigenvalue weighted by Gasteiger charge is -2.18. The molecule has 0 aliphatic carbocycles. The highest BCUT2D eigenvalue weighted by molar-refractivity contribution is 5.87. The van der Waals surface area contributed by atoms with Gasteiger partial charge in [-0.15, -0.1) is 0 Å². The largest absolute Gasteiger partial charge is 0.353 e. The van der Waals surface area contributed by atoms with Crippen molar-refractivity contribution < 1.29 is 9.59 Å². The van der Waals surface area contributed by atoms with Crippen molar-refractivity contribution in [2.75, 3.05) is 19.6 Å². The Balaban J connectivity index is 3.72. The van der Waals surface area contributed by atoms with Crippen LogP contribution in [0.5, 0.6) is 0 Å². The van der Waals surface area contributed by atoms with Crippen LogP contribution in [-0.4, -0.2) is 36.3 Å². The molecule has 0 aromatic rings. The molecule has 0 saturated heterocycles. The van der Waals surface area contributed by atoms with Gasteiger partial charge in [0.05, 0.1) is 0 Å². The van der Waals surface area contributed by atoms with Crippen LogP contribution in [0.25, 0.3) is 0 Å². The molecule has 0 spiro atoms. The van der Waals surface area contributed by atoms with Gasteiger partial charge in [-0.2, -0.15) is 0 Å². The second-order valence-corrected chi connectivity index (χ2v) is 2.97. The molecule has 0 atom stereocenters. The molecule has 0 unspecified atom stereocenters. The summed E-state index contributed by atoms with van der Waals surface area (Å²) >= 11 is 0. The first-order valence-electron chi connectivity index (χ1n) is 4.97. The quantitative estimate of drug-likeness (QED) is 0.497. The van der Waals surface area contributed by atoms with Gasteiger partial charge >= 0.3 is 0 Å². The first kappa shape index (κ1) is 13.4. The third-order valence-electron chi connectivity index (χ3n) is 1.96. The van der Waals surface area contributed by atoms with E-state index in [0.717, 1.165) is 6.42 Å². The van der Waals surface area contributed by atoms with Crippen molar-refractivity contribution in [2.24, 2.45) is 0 Å². The van der Waals surface area contributed by atoms with E-state index in [0.29, 0.717) is 19.6 Å². The van der Waals surface area contributed by atoms with E-state index in [1.165, 1.54) is 12.2 Å². The fraction of sp³-hybridized carbons (Fsp3) is 0.455. The number of carbonyl (C=O) groups is 2. The Morgan fingerprint density at radius 1 is 1.33 bits per heavy atom. The fourth-order valence-corrected chi connectivity index (χ4v) is 1.11. The highest BCUT2D eigenvalue weighted by atomic mass is 16.2. The third kappa shape index (κ3) is 5.67. The Kier molecular flexibility index (Phi) is 6.97. The number of hydrogen-bond donors (Lipinski definition) is 1. The molecule has 0 aromatic carbocycles. The standard InChI is InChI=1S/C11H18N2O2/c1-4-10(14)12-8-7-9-13(6-3)11(15)5-2/h4-5H,1-2,6-9H2,3H3,(H,12,14). The Bertz CT molecular complexity index is 249. The highest BCUT2D eigenvalue weighted by Gasteiger charge is 2.06. The molecule has 15 heavy (non-hydrogen) atoms. The molecule has 1 N–H and O–H groups in total. The molecule has 0 saturated carbocycles. The van der Waals surface area contributed by atoms with Crippen LogP contribution in [0.4, 0.5) is 0 Å². The summed E-state index contributed by atoms with van der Waals surface area (Å²) in [5.41, 5.74) is 0. The lowest BCUT2D eigenvalue weighted by atomic mass is 10.3. The SMILES string of the molecule is C=CC(=O)NCCCN(CC)C(=O)C=C. The molecular formula is C11H18N2O2. The Morgan fingerprint density at radius 3 is 2.47 bits per heavy atom. The van der Waals surface area contributed by atoms with E-state index in [-0.39, 0.29) is 11.8 Å². The normalized spacial score (nSPS) is 9.13. The van der Waals surface area contributed by atoms with Crippen LogP contribution in [0.1, 0.15) is 13.3 Å². The van der Waals surface area contributed by atoms with Crippen LogP contribution in [0, 0.1) is 0 Å². The van der Waals surface area contributed by atoms with Gasteiger partial charge in [0.1, 0.15) is 0 Å². The highest BCUT2D eigenvalue weighted by Crippen LogP contribution is 1.92. The molecule has 84 valence electrons. The molecule has 4 heteroatoms. The van der Waals surface area contributed by atoms with Gasteiger partial charge in [-0.3, -0.25) is 9.59 Å². The third-order valence-corrected chi connectivity index (χ3v) is 1.96. The molecule has 0 radical (unpaired) electrons. The number of likely N-dealkylation sites (N-methyl/N-ethyl adjacent to an activating group) is 1. The van der Waals surface area contributed by atoms with Gasteiger partial charge in [0.15, 0.2) is 0 Å². The molecule has 4 nitrogen and oxygen atoms in total. The summed E-state index contributed by atoms with van der Waals surface area (Å²) in [6.45, 7) is 10.5. The molecule has 0 aliphatic rings. The van der Waals surface area contributed by atoms with E-state index < -0.39 is 0 Å². The van der Waals surface area contributed by atoms with Gasteiger partial charge in [-0.05, 0) is 25.5 Å². The van der Waals surface area contributed by atoms with Crippen molar-refractivity contribution in [1.82, 2.24) is 10.2 Å². The van der Waals surface area contributed by atoms with E-state index in [9.17, 15) is 9.59 Å². The first-order chi connectivity index (χ1) is 7.15. The second-order valence-electron chi connectivity index (χ2n) is 2.97. The summed E-state index contributed by atoms with van der Waals surface area (Å²) in [7, 11) is 0. The molecular weight excluding hydrogens is 192 g/mol. The van der Waals surface area contributed by atoms with Crippen molar-refractivity contribution in [2.45, 2.75) is 13.3 Å². The van der Waals surface area contributed by atoms with Gasteiger partial charge in [0.2, 0.25) is 11.8 Å². The Hall–Kier alpha value is -1.58. The lowest BCUT2D eigenvalue weighted by molar-refractivity contribution is -0.125. The summed E-state index contributed by atoms with van der Waals surface area (Å²) in [4.78, 5) is 23.7. The van der Waals surface area contributed by atoms with Gasteiger partial charge in [-0.1, -0.05) is 13.2 Å². The zero-order valence-electron chi connectivity index (χ0n) is 9.16. The van der Waals surface area contributed by atoms with Crippen molar-refractivity contribution in [1.29, 1.82) is 0 Å². The van der Waals surface area contributed by atoms with Crippen molar-refractivity contribution in [3.8, 4) is 0 Å². The maximum Gasteiger partial charge on any atom is 0.245 e. The molecule has 0 rings (SSSR count). The smallest absolute Gasteiger partial charge is 0.245 e. The van der Waals surface area contributed by atoms with Gasteiger partial charge in [0, 0.05) is 19.6 Å². The maximum atomic E-state index is 11.2. The molecule has 0 fully saturated rings. The predicted molar refractivity (Wildman–Crippen MR) is 60.3 cm³/mol. The average molecular weight is 210 g/mol. The van der Waals surface area contributed by atoms with Crippen LogP contribution >= 0.6 is 0 Å². The topological polar surface area (TPSA) is 49.4 Å². The van der Waals surface area contributed by atoms with Crippen molar-refractivity contribution >= 4 is 11.8 Å². The number of rotatable bonds is 7. The van der Waals surface area contributed by atoms with Gasteiger partial charge in [-0.25, -0.2) is 0 Å². The molecule has 0 aliphatic heterocycles. The Morgan fingerprint density at radius 2 is 2.00 bits per heavy atom. The number of hydrogen-bond acceptors (Lipinski definition) is 2. The summed E-state index contributed by atoms with van der Waals surface area (Å²) in [5, 5.41) is 2.65. The van der Waals surface area contributed by atoms with E-state index in [4.69, 9.17) is 0 Å². The summed E-state index contributed by atoms with van der Waals surface area (Å²) < 4.78 is 0. The fourth-order valence-electron chi connectivity index (χ4n) is 1.11. The van der Waals surface area contributed by atoms with E-state index in [1.54, 1.807) is 4.90 Å². The van der Waals surface area contributed by atoms with Crippen molar-refractivity contribution in [3.05, 3.63) is 25.3 Å². The lowest BCUT2D eigenvalue weighted by Crippen LogP contribution is -2.32. The second kappa shape index (κ2) is 7.79. The van der Waals surface area contributed by atoms with E-state index >= 15 is 0 Å². The first-order valence-corrected chi connectivity index (χ1v) is 4.97. The monoisotopic (exact) mass is 210 g/mol. The van der Waals surface area contributed by atoms with Crippen LogP contribution < -0.4 is 5.32 Å². The zero-order valence-corrected chi connectivity index (χ0v) is 9.16. The minimum atomic E-state index is -0.187. The summed E-state index contributed by atoms with van der Waals surface area (Å²) in [5.74, 6) is -0.263. The van der Waals surface area contributed by atoms with Crippen LogP contribution in [0.15, 0.2) is 25.3 Å². The minimum absolute atomic E-state index is 0.0763. The number of amides is 2. The number of carbonyl (C=O) groups excluding carboxylic acids is 2. The molecule has 0 bridgehead atoms. The van der Waals surface area contributed by atoms with Crippen LogP contribution in [0.2, 0.25) is 0 Å². The van der Waals surface area contributed by atoms with Crippen LogP contribution in [-0.2, 0) is 9.59 Å². The molecule has 0 aromatic heterocycles. The summed E-state index contributed by atoms with van der Waals surface area (Å²) in [6.07, 6.45) is 3.26. The van der Waals surface area contributed by atoms with E-state index in [1.807, 2.05) is 6.92 Å². The Labute approximate surface area is 90.6 Å². The summed E-state index contributed by atoms with van der Waals surface area (Å²) in [6, 6.07) is 0. The minimum Gasteiger partial charge on any atom is -0.353 e. The van der Waals surface area contributed by atoms with Gasteiger partial charge < -0.3 is 10.2 Å². The number of nitrogens with zero attached hydrogens (tertiary/aromatic N) is 1. The molecule has 0 heterocycles. The van der Waals surface area contributed by atoms with E-state index in [2.05, 4.69) is 18.5 Å². The van der Waals surface area contributed by atoms with Crippen molar-refractivity contribution in [3.63, 3.8) is 0 Å². The zero-order chi connectivity index (χ0) is 11.7. The average Bonchev–Trinajstić information content (AvgIpc) is 2.27. The van der Waals surface area contributed by atoms with Gasteiger partial charge in [0.25, 0.3) is 0 Å². The maximum absolute atomic E-state index is 11.2. The predicted octanol–water partition coefficient (Wildman–Crippen LogP) is 0.713. The van der Waals surface area contributed by atoms with Crippen LogP contribution in [0.3, 0.4) is 0 Å². The number of nitrogens with one attached hydrogen (secondary N) is 1.